The van der Waals surface area contributed by atoms with Gasteiger partial charge in [-0.05, 0) is 57.1 Å². The fourth-order valence-corrected chi connectivity index (χ4v) is 4.25. The molecule has 3 rings (SSSR count). The Morgan fingerprint density at radius 3 is 2.45 bits per heavy atom. The molecule has 1 aromatic rings. The van der Waals surface area contributed by atoms with E-state index in [1.807, 2.05) is 4.90 Å². The van der Waals surface area contributed by atoms with E-state index in [9.17, 15) is 18.0 Å². The number of piperidine rings is 1. The molecule has 2 heterocycles. The maximum Gasteiger partial charge on any atom is 0.416 e. The summed E-state index contributed by atoms with van der Waals surface area (Å²) in [6, 6.07) is 5.53. The van der Waals surface area contributed by atoms with E-state index >= 15 is 0 Å². The highest BCUT2D eigenvalue weighted by Crippen LogP contribution is 2.31. The Kier molecular flexibility index (Phi) is 8.22. The maximum atomic E-state index is 12.9. The van der Waals surface area contributed by atoms with Crippen LogP contribution in [0.15, 0.2) is 24.3 Å². The molecule has 2 aliphatic heterocycles. The van der Waals surface area contributed by atoms with E-state index in [0.29, 0.717) is 31.9 Å². The lowest BCUT2D eigenvalue weighted by molar-refractivity contribution is -0.137. The third-order valence-corrected chi connectivity index (χ3v) is 6.13. The number of piperazine rings is 1. The zero-order chi connectivity index (χ0) is 22.3. The van der Waals surface area contributed by atoms with Crippen molar-refractivity contribution >= 4 is 11.6 Å². The van der Waals surface area contributed by atoms with Gasteiger partial charge in [-0.15, -0.1) is 6.42 Å². The van der Waals surface area contributed by atoms with Crippen LogP contribution < -0.4 is 10.2 Å². The van der Waals surface area contributed by atoms with Crippen molar-refractivity contribution in [3.05, 3.63) is 29.8 Å². The molecule has 2 saturated heterocycles. The Balaban J connectivity index is 1.32. The van der Waals surface area contributed by atoms with Crippen LogP contribution in [-0.4, -0.2) is 74.6 Å². The fraction of sp³-hybridized carbons (Fsp3) is 0.609. The lowest BCUT2D eigenvalue weighted by atomic mass is 9.96. The quantitative estimate of drug-likeness (QED) is 0.527. The monoisotopic (exact) mass is 436 g/mol. The summed E-state index contributed by atoms with van der Waals surface area (Å²) in [6.45, 7) is 6.92. The second-order valence-electron chi connectivity index (χ2n) is 8.28. The first kappa shape index (κ1) is 23.4. The molecule has 1 N–H and O–H groups in total. The topological polar surface area (TPSA) is 38.8 Å². The molecule has 2 fully saturated rings. The van der Waals surface area contributed by atoms with Gasteiger partial charge >= 0.3 is 6.18 Å². The van der Waals surface area contributed by atoms with Crippen molar-refractivity contribution in [2.45, 2.75) is 25.4 Å². The SMILES string of the molecule is C#CCN1CCC(C(=O)NCCCN2CCN(c3cccc(C(F)(F)F)c3)CC2)CC1. The Morgan fingerprint density at radius 2 is 1.81 bits per heavy atom. The van der Waals surface area contributed by atoms with Crippen molar-refractivity contribution in [1.29, 1.82) is 0 Å². The van der Waals surface area contributed by atoms with Crippen molar-refractivity contribution in [2.75, 3.05) is 63.8 Å². The molecule has 0 aliphatic carbocycles. The number of carbonyl (C=O) groups is 1. The van der Waals surface area contributed by atoms with Crippen molar-refractivity contribution < 1.29 is 18.0 Å². The molecule has 0 spiro atoms. The van der Waals surface area contributed by atoms with Crippen LogP contribution in [0, 0.1) is 18.3 Å². The molecule has 0 radical (unpaired) electrons. The van der Waals surface area contributed by atoms with Gasteiger partial charge in [-0.25, -0.2) is 0 Å². The first-order valence-corrected chi connectivity index (χ1v) is 10.9. The van der Waals surface area contributed by atoms with E-state index in [1.54, 1.807) is 6.07 Å². The van der Waals surface area contributed by atoms with Gasteiger partial charge in [-0.2, -0.15) is 13.2 Å². The zero-order valence-corrected chi connectivity index (χ0v) is 17.8. The Hall–Kier alpha value is -2.24. The number of rotatable bonds is 7. The number of likely N-dealkylation sites (tertiary alicyclic amines) is 1. The van der Waals surface area contributed by atoms with E-state index in [0.717, 1.165) is 58.1 Å². The number of hydrogen-bond donors (Lipinski definition) is 1. The summed E-state index contributed by atoms with van der Waals surface area (Å²) >= 11 is 0. The van der Waals surface area contributed by atoms with Crippen LogP contribution in [0.25, 0.3) is 0 Å². The predicted molar refractivity (Wildman–Crippen MR) is 116 cm³/mol. The number of nitrogens with one attached hydrogen (secondary N) is 1. The average molecular weight is 437 g/mol. The largest absolute Gasteiger partial charge is 0.416 e. The van der Waals surface area contributed by atoms with E-state index in [1.165, 1.54) is 12.1 Å². The third-order valence-electron chi connectivity index (χ3n) is 6.13. The molecule has 0 saturated carbocycles. The summed E-state index contributed by atoms with van der Waals surface area (Å²) in [7, 11) is 0. The normalized spacial score (nSPS) is 19.2. The second-order valence-corrected chi connectivity index (χ2v) is 8.28. The van der Waals surface area contributed by atoms with E-state index in [-0.39, 0.29) is 11.8 Å². The summed E-state index contributed by atoms with van der Waals surface area (Å²) in [4.78, 5) is 18.8. The van der Waals surface area contributed by atoms with E-state index in [2.05, 4.69) is 21.0 Å². The highest BCUT2D eigenvalue weighted by molar-refractivity contribution is 5.78. The van der Waals surface area contributed by atoms with Crippen LogP contribution in [0.2, 0.25) is 0 Å². The summed E-state index contributed by atoms with van der Waals surface area (Å²) in [5.74, 6) is 2.86. The maximum absolute atomic E-state index is 12.9. The zero-order valence-electron chi connectivity index (χ0n) is 17.8. The third kappa shape index (κ3) is 6.88. The molecule has 1 aromatic carbocycles. The molecular weight excluding hydrogens is 405 g/mol. The Morgan fingerprint density at radius 1 is 1.10 bits per heavy atom. The number of benzene rings is 1. The number of carbonyl (C=O) groups excluding carboxylic acids is 1. The smallest absolute Gasteiger partial charge is 0.369 e. The number of halogens is 3. The Bertz CT molecular complexity index is 761. The minimum Gasteiger partial charge on any atom is -0.369 e. The van der Waals surface area contributed by atoms with Crippen molar-refractivity contribution in [3.8, 4) is 12.3 Å². The number of anilines is 1. The minimum atomic E-state index is -4.32. The minimum absolute atomic E-state index is 0.0741. The molecule has 0 aromatic heterocycles. The first-order valence-electron chi connectivity index (χ1n) is 10.9. The number of nitrogens with zero attached hydrogens (tertiary/aromatic N) is 3. The average Bonchev–Trinajstić information content (AvgIpc) is 2.77. The summed E-state index contributed by atoms with van der Waals surface area (Å²) < 4.78 is 38.8. The first-order chi connectivity index (χ1) is 14.9. The second kappa shape index (κ2) is 10.9. The number of terminal acetylenes is 1. The molecule has 0 atom stereocenters. The molecule has 31 heavy (non-hydrogen) atoms. The number of alkyl halides is 3. The van der Waals surface area contributed by atoms with Gasteiger partial charge < -0.3 is 10.2 Å². The van der Waals surface area contributed by atoms with Gasteiger partial charge in [0.15, 0.2) is 0 Å². The lowest BCUT2D eigenvalue weighted by Crippen LogP contribution is -2.47. The van der Waals surface area contributed by atoms with Crippen LogP contribution in [0.4, 0.5) is 18.9 Å². The van der Waals surface area contributed by atoms with Crippen molar-refractivity contribution in [2.24, 2.45) is 5.92 Å². The van der Waals surface area contributed by atoms with E-state index in [4.69, 9.17) is 6.42 Å². The summed E-state index contributed by atoms with van der Waals surface area (Å²) in [5.41, 5.74) is 0.0138. The van der Waals surface area contributed by atoms with Crippen molar-refractivity contribution in [3.63, 3.8) is 0 Å². The molecule has 0 bridgehead atoms. The molecule has 8 heteroatoms. The van der Waals surface area contributed by atoms with Crippen LogP contribution in [0.3, 0.4) is 0 Å². The standard InChI is InChI=1S/C23H31F3N4O/c1-2-10-28-12-7-19(8-13-28)22(31)27-9-4-11-29-14-16-30(17-15-29)21-6-3-5-20(18-21)23(24,25)26/h1,3,5-6,18-19H,4,7-17H2,(H,27,31). The van der Waals surface area contributed by atoms with Gasteiger partial charge in [-0.3, -0.25) is 14.6 Å². The highest BCUT2D eigenvalue weighted by Gasteiger charge is 2.31. The van der Waals surface area contributed by atoms with Gasteiger partial charge in [0.25, 0.3) is 0 Å². The lowest BCUT2D eigenvalue weighted by Gasteiger charge is -2.36. The highest BCUT2D eigenvalue weighted by atomic mass is 19.4. The van der Waals surface area contributed by atoms with Gasteiger partial charge in [0.05, 0.1) is 12.1 Å². The molecule has 170 valence electrons. The Labute approximate surface area is 182 Å². The van der Waals surface area contributed by atoms with Gasteiger partial charge in [0.1, 0.15) is 0 Å². The summed E-state index contributed by atoms with van der Waals surface area (Å²) in [5, 5.41) is 3.05. The van der Waals surface area contributed by atoms with E-state index < -0.39 is 11.7 Å². The molecule has 5 nitrogen and oxygen atoms in total. The molecule has 0 unspecified atom stereocenters. The van der Waals surface area contributed by atoms with Gasteiger partial charge in [0, 0.05) is 44.3 Å². The molecule has 2 aliphatic rings. The fourth-order valence-electron chi connectivity index (χ4n) is 4.25. The van der Waals surface area contributed by atoms with Crippen LogP contribution in [-0.2, 0) is 11.0 Å². The van der Waals surface area contributed by atoms with Gasteiger partial charge in [0.2, 0.25) is 5.91 Å². The predicted octanol–water partition coefficient (Wildman–Crippen LogP) is 2.68. The summed E-state index contributed by atoms with van der Waals surface area (Å²) in [6.07, 6.45) is 3.59. The number of hydrogen-bond acceptors (Lipinski definition) is 4. The van der Waals surface area contributed by atoms with Crippen LogP contribution >= 0.6 is 0 Å². The molecular formula is C23H31F3N4O. The number of amides is 1. The molecule has 1 amide bonds. The van der Waals surface area contributed by atoms with Crippen LogP contribution in [0.1, 0.15) is 24.8 Å². The van der Waals surface area contributed by atoms with Gasteiger partial charge in [-0.1, -0.05) is 12.0 Å². The van der Waals surface area contributed by atoms with Crippen LogP contribution in [0.5, 0.6) is 0 Å². The van der Waals surface area contributed by atoms with Crippen molar-refractivity contribution in [1.82, 2.24) is 15.1 Å².